The largest absolute Gasteiger partial charge is 0.494 e. The van der Waals surface area contributed by atoms with Gasteiger partial charge in [0.15, 0.2) is 0 Å². The van der Waals surface area contributed by atoms with E-state index < -0.39 is 10.1 Å². The molecule has 5 rings (SSSR count). The molecular weight excluding hydrogens is 488 g/mol. The lowest BCUT2D eigenvalue weighted by Crippen LogP contribution is -2.28. The van der Waals surface area contributed by atoms with Gasteiger partial charge in [0, 0.05) is 23.9 Å². The Bertz CT molecular complexity index is 1490. The summed E-state index contributed by atoms with van der Waals surface area (Å²) < 4.78 is 38.4. The number of aryl methyl sites for hydroxylation is 1. The molecule has 0 saturated heterocycles. The molecule has 2 N–H and O–H groups in total. The van der Waals surface area contributed by atoms with Crippen LogP contribution >= 0.6 is 0 Å². The molecule has 0 atom stereocenters. The number of nitrogen functional groups attached to an aromatic ring is 1. The molecule has 0 radical (unpaired) electrons. The van der Waals surface area contributed by atoms with Crippen LogP contribution in [0.3, 0.4) is 0 Å². The summed E-state index contributed by atoms with van der Waals surface area (Å²) in [6, 6.07) is 14.6. The lowest BCUT2D eigenvalue weighted by atomic mass is 9.75. The van der Waals surface area contributed by atoms with Crippen molar-refractivity contribution in [3.63, 3.8) is 0 Å². The van der Waals surface area contributed by atoms with Crippen LogP contribution in [-0.2, 0) is 14.3 Å². The Balaban J connectivity index is 1.32. The summed E-state index contributed by atoms with van der Waals surface area (Å²) >= 11 is 0. The molecule has 1 fully saturated rings. The maximum absolute atomic E-state index is 12.6. The Morgan fingerprint density at radius 1 is 1.14 bits per heavy atom. The van der Waals surface area contributed by atoms with Crippen LogP contribution in [0, 0.1) is 12.8 Å². The van der Waals surface area contributed by atoms with Gasteiger partial charge in [0.2, 0.25) is 0 Å². The zero-order chi connectivity index (χ0) is 26.0. The van der Waals surface area contributed by atoms with Gasteiger partial charge in [-0.15, -0.1) is 0 Å². The van der Waals surface area contributed by atoms with E-state index in [0.717, 1.165) is 59.6 Å². The standard InChI is InChI=1S/C28H32N4O4S/c1-3-4-14-35-23-7-5-6-21(17-23)25-26-27(29)30-12-13-32(26)28(31-25)22-15-20(16-22)18-36-37(33,34)24-10-8-19(2)9-11-24/h5-13,17,20,22H,3-4,14-16,18H2,1-2H3,(H2,29,30)/t20-,22+. The van der Waals surface area contributed by atoms with Crippen molar-refractivity contribution in [2.45, 2.75) is 50.3 Å². The van der Waals surface area contributed by atoms with Crippen molar-refractivity contribution in [1.82, 2.24) is 14.4 Å². The molecule has 9 heteroatoms. The van der Waals surface area contributed by atoms with Gasteiger partial charge in [-0.25, -0.2) is 9.97 Å². The fraction of sp³-hybridized carbons (Fsp3) is 0.357. The van der Waals surface area contributed by atoms with Crippen molar-refractivity contribution in [3.8, 4) is 17.0 Å². The molecular formula is C28H32N4O4S. The molecule has 0 amide bonds. The summed E-state index contributed by atoms with van der Waals surface area (Å²) in [5.74, 6) is 2.41. The summed E-state index contributed by atoms with van der Waals surface area (Å²) in [4.78, 5) is 9.49. The van der Waals surface area contributed by atoms with Gasteiger partial charge < -0.3 is 10.5 Å². The van der Waals surface area contributed by atoms with Crippen LogP contribution in [0.4, 0.5) is 5.82 Å². The zero-order valence-electron chi connectivity index (χ0n) is 21.1. The molecule has 194 valence electrons. The Kier molecular flexibility index (Phi) is 7.17. The molecule has 1 aliphatic carbocycles. The predicted molar refractivity (Wildman–Crippen MR) is 143 cm³/mol. The fourth-order valence-electron chi connectivity index (χ4n) is 4.69. The Labute approximate surface area is 217 Å². The predicted octanol–water partition coefficient (Wildman–Crippen LogP) is 5.36. The number of hydrogen-bond donors (Lipinski definition) is 1. The first-order chi connectivity index (χ1) is 17.9. The molecule has 37 heavy (non-hydrogen) atoms. The van der Waals surface area contributed by atoms with E-state index in [9.17, 15) is 8.42 Å². The Morgan fingerprint density at radius 2 is 1.92 bits per heavy atom. The van der Waals surface area contributed by atoms with Gasteiger partial charge >= 0.3 is 0 Å². The number of unbranched alkanes of at least 4 members (excludes halogenated alkanes) is 1. The quantitative estimate of drug-likeness (QED) is 0.221. The van der Waals surface area contributed by atoms with Crippen molar-refractivity contribution < 1.29 is 17.3 Å². The third-order valence-corrected chi connectivity index (χ3v) is 8.15. The van der Waals surface area contributed by atoms with Crippen molar-refractivity contribution in [2.24, 2.45) is 5.92 Å². The van der Waals surface area contributed by atoms with E-state index in [2.05, 4.69) is 11.9 Å². The van der Waals surface area contributed by atoms with Crippen LogP contribution in [0.25, 0.3) is 16.8 Å². The maximum atomic E-state index is 12.6. The lowest BCUT2D eigenvalue weighted by Gasteiger charge is -2.34. The average molecular weight is 521 g/mol. The molecule has 0 spiro atoms. The number of aromatic nitrogens is 3. The molecule has 1 saturated carbocycles. The first-order valence-corrected chi connectivity index (χ1v) is 14.1. The van der Waals surface area contributed by atoms with Crippen molar-refractivity contribution in [1.29, 1.82) is 0 Å². The van der Waals surface area contributed by atoms with E-state index in [1.54, 1.807) is 30.5 Å². The molecule has 0 aliphatic heterocycles. The topological polar surface area (TPSA) is 109 Å². The third kappa shape index (κ3) is 5.33. The second-order valence-corrected chi connectivity index (χ2v) is 11.3. The van der Waals surface area contributed by atoms with Crippen molar-refractivity contribution in [2.75, 3.05) is 18.9 Å². The highest BCUT2D eigenvalue weighted by Crippen LogP contribution is 2.43. The number of anilines is 1. The lowest BCUT2D eigenvalue weighted by molar-refractivity contribution is 0.158. The van der Waals surface area contributed by atoms with Crippen LogP contribution in [0.1, 0.15) is 49.9 Å². The van der Waals surface area contributed by atoms with Gasteiger partial charge in [-0.2, -0.15) is 8.42 Å². The summed E-state index contributed by atoms with van der Waals surface area (Å²) in [5, 5.41) is 0. The van der Waals surface area contributed by atoms with E-state index in [0.29, 0.717) is 12.4 Å². The fourth-order valence-corrected chi connectivity index (χ4v) is 5.66. The zero-order valence-corrected chi connectivity index (χ0v) is 21.9. The summed E-state index contributed by atoms with van der Waals surface area (Å²) in [6.07, 6.45) is 7.19. The van der Waals surface area contributed by atoms with Gasteiger partial charge in [-0.05, 0) is 56.4 Å². The molecule has 4 aromatic rings. The van der Waals surface area contributed by atoms with Gasteiger partial charge in [-0.3, -0.25) is 8.58 Å². The summed E-state index contributed by atoms with van der Waals surface area (Å²) in [7, 11) is -3.77. The number of hydrogen-bond acceptors (Lipinski definition) is 7. The monoisotopic (exact) mass is 520 g/mol. The van der Waals surface area contributed by atoms with Crippen LogP contribution in [0.5, 0.6) is 5.75 Å². The summed E-state index contributed by atoms with van der Waals surface area (Å²) in [5.41, 5.74) is 9.75. The number of imidazole rings is 1. The van der Waals surface area contributed by atoms with Crippen LogP contribution < -0.4 is 10.5 Å². The Morgan fingerprint density at radius 3 is 2.68 bits per heavy atom. The van der Waals surface area contributed by atoms with Crippen LogP contribution in [0.2, 0.25) is 0 Å². The SMILES string of the molecule is CCCCOc1cccc(-c2nc([C@H]3C[C@@H](COS(=O)(=O)c4ccc(C)cc4)C3)n3ccnc(N)c23)c1. The number of ether oxygens (including phenoxy) is 1. The van der Waals surface area contributed by atoms with E-state index in [1.165, 1.54) is 0 Å². The number of nitrogens with zero attached hydrogens (tertiary/aromatic N) is 3. The minimum atomic E-state index is -3.77. The van der Waals surface area contributed by atoms with E-state index in [1.807, 2.05) is 41.8 Å². The first-order valence-electron chi connectivity index (χ1n) is 12.7. The first kappa shape index (κ1) is 25.2. The van der Waals surface area contributed by atoms with Crippen LogP contribution in [0.15, 0.2) is 65.8 Å². The third-order valence-electron chi connectivity index (χ3n) is 6.85. The number of rotatable bonds is 10. The normalized spacial score (nSPS) is 17.6. The number of fused-ring (bicyclic) bond motifs is 1. The number of benzene rings is 2. The maximum Gasteiger partial charge on any atom is 0.296 e. The highest BCUT2D eigenvalue weighted by molar-refractivity contribution is 7.86. The van der Waals surface area contributed by atoms with E-state index in [4.69, 9.17) is 19.6 Å². The highest BCUT2D eigenvalue weighted by Gasteiger charge is 2.35. The minimum Gasteiger partial charge on any atom is -0.494 e. The second kappa shape index (κ2) is 10.5. The van der Waals surface area contributed by atoms with Gasteiger partial charge in [-0.1, -0.05) is 43.2 Å². The van der Waals surface area contributed by atoms with E-state index >= 15 is 0 Å². The molecule has 0 bridgehead atoms. The number of nitrogens with two attached hydrogens (primary N) is 1. The highest BCUT2D eigenvalue weighted by atomic mass is 32.2. The molecule has 2 aromatic carbocycles. The van der Waals surface area contributed by atoms with E-state index in [-0.39, 0.29) is 23.3 Å². The van der Waals surface area contributed by atoms with Crippen molar-refractivity contribution >= 4 is 21.5 Å². The van der Waals surface area contributed by atoms with Gasteiger partial charge in [0.1, 0.15) is 28.6 Å². The molecule has 0 unspecified atom stereocenters. The minimum absolute atomic E-state index is 0.135. The summed E-state index contributed by atoms with van der Waals surface area (Å²) in [6.45, 7) is 4.88. The molecule has 2 aromatic heterocycles. The molecule has 1 aliphatic rings. The van der Waals surface area contributed by atoms with Gasteiger partial charge in [0.25, 0.3) is 10.1 Å². The average Bonchev–Trinajstić information content (AvgIpc) is 3.24. The second-order valence-electron chi connectivity index (χ2n) is 9.67. The molecule has 2 heterocycles. The Hall–Kier alpha value is -3.43. The van der Waals surface area contributed by atoms with Gasteiger partial charge in [0.05, 0.1) is 18.1 Å². The molecule has 8 nitrogen and oxygen atoms in total. The van der Waals surface area contributed by atoms with Crippen molar-refractivity contribution in [3.05, 3.63) is 72.3 Å². The van der Waals surface area contributed by atoms with Crippen LogP contribution in [-0.4, -0.2) is 36.0 Å². The smallest absolute Gasteiger partial charge is 0.296 e.